The summed E-state index contributed by atoms with van der Waals surface area (Å²) in [5, 5.41) is 5.71. The van der Waals surface area contributed by atoms with Gasteiger partial charge in [-0.05, 0) is 30.5 Å². The normalized spacial score (nSPS) is 10.7. The van der Waals surface area contributed by atoms with Crippen LogP contribution in [-0.4, -0.2) is 35.2 Å². The highest BCUT2D eigenvalue weighted by Gasteiger charge is 2.08. The summed E-state index contributed by atoms with van der Waals surface area (Å²) in [5.74, 6) is 1.21. The Balaban J connectivity index is 1.76. The Morgan fingerprint density at radius 3 is 2.79 bits per heavy atom. The standard InChI is InChI=1S/C21H30N4O3/c1-16(2)20-22-12-13-25(20)15-17-8-7-9-18(14-17)24-21(27)23-11-6-4-5-10-19(26)28-3/h7-9,12-14,16H,4-6,10-11,15H2,1-3H3,(H2,23,24,27). The molecule has 1 heterocycles. The fourth-order valence-corrected chi connectivity index (χ4v) is 2.95. The number of benzene rings is 1. The molecule has 0 spiro atoms. The van der Waals surface area contributed by atoms with Gasteiger partial charge in [-0.2, -0.15) is 0 Å². The third-order valence-electron chi connectivity index (χ3n) is 4.37. The van der Waals surface area contributed by atoms with Crippen molar-refractivity contribution in [2.24, 2.45) is 0 Å². The Bertz CT molecular complexity index is 771. The number of methoxy groups -OCH3 is 1. The van der Waals surface area contributed by atoms with Crippen LogP contribution < -0.4 is 10.6 Å². The van der Waals surface area contributed by atoms with Crippen molar-refractivity contribution in [1.29, 1.82) is 0 Å². The lowest BCUT2D eigenvalue weighted by molar-refractivity contribution is -0.140. The van der Waals surface area contributed by atoms with Gasteiger partial charge in [-0.3, -0.25) is 4.79 Å². The van der Waals surface area contributed by atoms with Gasteiger partial charge < -0.3 is 19.9 Å². The van der Waals surface area contributed by atoms with Crippen LogP contribution in [0.4, 0.5) is 10.5 Å². The van der Waals surface area contributed by atoms with Gasteiger partial charge in [0.05, 0.1) is 7.11 Å². The molecular formula is C21H30N4O3. The van der Waals surface area contributed by atoms with Crippen LogP contribution in [0, 0.1) is 0 Å². The molecule has 0 aliphatic heterocycles. The van der Waals surface area contributed by atoms with Crippen LogP contribution in [0.25, 0.3) is 0 Å². The van der Waals surface area contributed by atoms with Crippen LogP contribution in [0.3, 0.4) is 0 Å². The molecule has 2 N–H and O–H groups in total. The van der Waals surface area contributed by atoms with Crippen LogP contribution in [0.15, 0.2) is 36.7 Å². The number of nitrogens with one attached hydrogen (secondary N) is 2. The molecule has 2 rings (SSSR count). The summed E-state index contributed by atoms with van der Waals surface area (Å²) < 4.78 is 6.72. The van der Waals surface area contributed by atoms with Crippen molar-refractivity contribution in [1.82, 2.24) is 14.9 Å². The maximum atomic E-state index is 12.1. The Kier molecular flexibility index (Phi) is 8.52. The smallest absolute Gasteiger partial charge is 0.319 e. The molecule has 0 radical (unpaired) electrons. The second-order valence-electron chi connectivity index (χ2n) is 7.04. The molecule has 1 aromatic carbocycles. The van der Waals surface area contributed by atoms with Crippen molar-refractivity contribution in [3.63, 3.8) is 0 Å². The number of hydrogen-bond donors (Lipinski definition) is 2. The predicted molar refractivity (Wildman–Crippen MR) is 109 cm³/mol. The van der Waals surface area contributed by atoms with Gasteiger partial charge in [0.15, 0.2) is 0 Å². The van der Waals surface area contributed by atoms with E-state index < -0.39 is 0 Å². The fraction of sp³-hybridized carbons (Fsp3) is 0.476. The van der Waals surface area contributed by atoms with E-state index in [1.165, 1.54) is 7.11 Å². The Labute approximate surface area is 166 Å². The number of ether oxygens (including phenoxy) is 1. The summed E-state index contributed by atoms with van der Waals surface area (Å²) in [5.41, 5.74) is 1.85. The van der Waals surface area contributed by atoms with E-state index in [-0.39, 0.29) is 12.0 Å². The number of aromatic nitrogens is 2. The molecule has 0 bridgehead atoms. The van der Waals surface area contributed by atoms with E-state index in [2.05, 4.69) is 38.8 Å². The third kappa shape index (κ3) is 7.06. The molecule has 0 aliphatic carbocycles. The summed E-state index contributed by atoms with van der Waals surface area (Å²) in [4.78, 5) is 27.5. The first kappa shape index (κ1) is 21.5. The van der Waals surface area contributed by atoms with Gasteiger partial charge in [-0.25, -0.2) is 9.78 Å². The van der Waals surface area contributed by atoms with Crippen molar-refractivity contribution in [2.75, 3.05) is 19.0 Å². The zero-order valence-corrected chi connectivity index (χ0v) is 16.9. The number of rotatable bonds is 10. The number of imidazole rings is 1. The second-order valence-corrected chi connectivity index (χ2v) is 7.04. The highest BCUT2D eigenvalue weighted by Crippen LogP contribution is 2.16. The van der Waals surface area contributed by atoms with E-state index in [9.17, 15) is 9.59 Å². The number of unbranched alkanes of at least 4 members (excludes halogenated alkanes) is 2. The topological polar surface area (TPSA) is 85.2 Å². The molecule has 0 atom stereocenters. The van der Waals surface area contributed by atoms with E-state index in [0.29, 0.717) is 25.4 Å². The van der Waals surface area contributed by atoms with Crippen molar-refractivity contribution in [3.8, 4) is 0 Å². The molecule has 0 saturated heterocycles. The predicted octanol–water partition coefficient (Wildman–Crippen LogP) is 3.91. The molecule has 1 aromatic heterocycles. The quantitative estimate of drug-likeness (QED) is 0.479. The Hall–Kier alpha value is -2.83. The highest BCUT2D eigenvalue weighted by molar-refractivity contribution is 5.89. The number of esters is 1. The summed E-state index contributed by atoms with van der Waals surface area (Å²) in [6.45, 7) is 5.53. The largest absolute Gasteiger partial charge is 0.469 e. The Morgan fingerprint density at radius 2 is 2.04 bits per heavy atom. The molecule has 0 unspecified atom stereocenters. The van der Waals surface area contributed by atoms with Crippen molar-refractivity contribution in [3.05, 3.63) is 48.0 Å². The zero-order chi connectivity index (χ0) is 20.4. The van der Waals surface area contributed by atoms with E-state index in [0.717, 1.165) is 36.3 Å². The number of nitrogens with zero attached hydrogens (tertiary/aromatic N) is 2. The number of carbonyl (C=O) groups excluding carboxylic acids is 2. The van der Waals surface area contributed by atoms with Crippen molar-refractivity contribution < 1.29 is 14.3 Å². The average molecular weight is 386 g/mol. The van der Waals surface area contributed by atoms with Gasteiger partial charge >= 0.3 is 12.0 Å². The lowest BCUT2D eigenvalue weighted by Crippen LogP contribution is -2.29. The van der Waals surface area contributed by atoms with Gasteiger partial charge in [0.1, 0.15) is 5.82 Å². The monoisotopic (exact) mass is 386 g/mol. The third-order valence-corrected chi connectivity index (χ3v) is 4.37. The van der Waals surface area contributed by atoms with Gasteiger partial charge in [0, 0.05) is 43.5 Å². The first-order valence-electron chi connectivity index (χ1n) is 9.71. The van der Waals surface area contributed by atoms with Crippen LogP contribution in [0.1, 0.15) is 56.8 Å². The fourth-order valence-electron chi connectivity index (χ4n) is 2.95. The van der Waals surface area contributed by atoms with Gasteiger partial charge in [0.2, 0.25) is 0 Å². The molecule has 2 aromatic rings. The molecule has 2 amide bonds. The number of carbonyl (C=O) groups is 2. The maximum absolute atomic E-state index is 12.1. The van der Waals surface area contributed by atoms with Crippen LogP contribution in [-0.2, 0) is 16.1 Å². The van der Waals surface area contributed by atoms with E-state index in [4.69, 9.17) is 0 Å². The SMILES string of the molecule is COC(=O)CCCCCNC(=O)Nc1cccc(Cn2ccnc2C(C)C)c1. The van der Waals surface area contributed by atoms with Gasteiger partial charge in [-0.1, -0.05) is 32.4 Å². The van der Waals surface area contributed by atoms with Gasteiger partial charge in [0.25, 0.3) is 0 Å². The first-order valence-corrected chi connectivity index (χ1v) is 9.71. The Morgan fingerprint density at radius 1 is 1.21 bits per heavy atom. The van der Waals surface area contributed by atoms with Crippen molar-refractivity contribution >= 4 is 17.7 Å². The first-order chi connectivity index (χ1) is 13.5. The average Bonchev–Trinajstić information content (AvgIpc) is 3.13. The minimum atomic E-state index is -0.226. The van der Waals surface area contributed by atoms with Crippen molar-refractivity contribution in [2.45, 2.75) is 52.0 Å². The number of urea groups is 1. The summed E-state index contributed by atoms with van der Waals surface area (Å²) >= 11 is 0. The summed E-state index contributed by atoms with van der Waals surface area (Å²) in [6, 6.07) is 7.59. The lowest BCUT2D eigenvalue weighted by atomic mass is 10.1. The van der Waals surface area contributed by atoms with Crippen LogP contribution in [0.2, 0.25) is 0 Å². The van der Waals surface area contributed by atoms with Crippen LogP contribution in [0.5, 0.6) is 0 Å². The minimum Gasteiger partial charge on any atom is -0.469 e. The lowest BCUT2D eigenvalue weighted by Gasteiger charge is -2.12. The molecule has 0 fully saturated rings. The van der Waals surface area contributed by atoms with Crippen LogP contribution >= 0.6 is 0 Å². The highest BCUT2D eigenvalue weighted by atomic mass is 16.5. The zero-order valence-electron chi connectivity index (χ0n) is 16.9. The molecule has 152 valence electrons. The van der Waals surface area contributed by atoms with E-state index in [1.54, 1.807) is 0 Å². The minimum absolute atomic E-state index is 0.193. The summed E-state index contributed by atoms with van der Waals surface area (Å²) in [7, 11) is 1.39. The molecule has 0 saturated carbocycles. The van der Waals surface area contributed by atoms with Gasteiger partial charge in [-0.15, -0.1) is 0 Å². The van der Waals surface area contributed by atoms with E-state index in [1.807, 2.05) is 36.7 Å². The molecular weight excluding hydrogens is 356 g/mol. The number of amides is 2. The molecule has 7 heteroatoms. The molecule has 0 aliphatic rings. The summed E-state index contributed by atoms with van der Waals surface area (Å²) in [6.07, 6.45) is 6.67. The molecule has 28 heavy (non-hydrogen) atoms. The second kappa shape index (κ2) is 11.1. The molecule has 7 nitrogen and oxygen atoms in total. The number of anilines is 1. The van der Waals surface area contributed by atoms with E-state index >= 15 is 0 Å². The maximum Gasteiger partial charge on any atom is 0.319 e. The number of hydrogen-bond acceptors (Lipinski definition) is 4.